The molecule has 86 valence electrons. The van der Waals surface area contributed by atoms with Gasteiger partial charge in [0.25, 0.3) is 0 Å². The first-order valence-corrected chi connectivity index (χ1v) is 5.88. The van der Waals surface area contributed by atoms with Gasteiger partial charge in [0.15, 0.2) is 5.82 Å². The zero-order valence-corrected chi connectivity index (χ0v) is 10.6. The predicted octanol–water partition coefficient (Wildman–Crippen LogP) is 1.24. The van der Waals surface area contributed by atoms with Crippen LogP contribution >= 0.6 is 27.5 Å². The molecule has 1 N–H and O–H groups in total. The lowest BCUT2D eigenvalue weighted by Gasteiger charge is -2.16. The fraction of sp³-hybridized carbons (Fsp3) is 0.444. The molecule has 0 aliphatic carbocycles. The van der Waals surface area contributed by atoms with Crippen molar-refractivity contribution in [2.45, 2.75) is 6.42 Å². The molecule has 0 spiro atoms. The number of anilines is 1. The molecule has 16 heavy (non-hydrogen) atoms. The maximum atomic E-state index is 11.7. The average Bonchev–Trinajstić information content (AvgIpc) is 2.63. The summed E-state index contributed by atoms with van der Waals surface area (Å²) >= 11 is 8.95. The maximum absolute atomic E-state index is 11.7. The van der Waals surface area contributed by atoms with Crippen LogP contribution in [0, 0.1) is 5.92 Å². The highest BCUT2D eigenvalue weighted by Crippen LogP contribution is 2.29. The molecular formula is C9H9BrClN3O2. The molecule has 2 heterocycles. The van der Waals surface area contributed by atoms with Crippen LogP contribution in [0.5, 0.6) is 0 Å². The second kappa shape index (κ2) is 4.65. The number of aromatic nitrogens is 2. The molecule has 1 aliphatic rings. The SMILES string of the molecule is O=C1CC(CO)CN1c1nc(Cl)ncc1Br. The summed E-state index contributed by atoms with van der Waals surface area (Å²) in [6, 6.07) is 0. The lowest BCUT2D eigenvalue weighted by molar-refractivity contribution is -0.117. The number of carbonyl (C=O) groups is 1. The highest BCUT2D eigenvalue weighted by Gasteiger charge is 2.32. The van der Waals surface area contributed by atoms with Gasteiger partial charge >= 0.3 is 0 Å². The second-order valence-corrected chi connectivity index (χ2v) is 4.76. The fourth-order valence-corrected chi connectivity index (χ4v) is 2.17. The minimum Gasteiger partial charge on any atom is -0.396 e. The summed E-state index contributed by atoms with van der Waals surface area (Å²) in [6.45, 7) is 0.458. The van der Waals surface area contributed by atoms with Gasteiger partial charge in [-0.1, -0.05) is 0 Å². The number of aliphatic hydroxyl groups is 1. The summed E-state index contributed by atoms with van der Waals surface area (Å²) < 4.78 is 0.615. The number of halogens is 2. The Hall–Kier alpha value is -0.720. The van der Waals surface area contributed by atoms with E-state index in [2.05, 4.69) is 25.9 Å². The highest BCUT2D eigenvalue weighted by molar-refractivity contribution is 9.10. The number of rotatable bonds is 2. The summed E-state index contributed by atoms with van der Waals surface area (Å²) in [6.07, 6.45) is 1.84. The Morgan fingerprint density at radius 3 is 3.06 bits per heavy atom. The van der Waals surface area contributed by atoms with Gasteiger partial charge in [0.05, 0.1) is 4.47 Å². The summed E-state index contributed by atoms with van der Waals surface area (Å²) in [5.41, 5.74) is 0. The Labute approximate surface area is 106 Å². The Bertz CT molecular complexity index is 429. The first kappa shape index (κ1) is 11.8. The van der Waals surface area contributed by atoms with E-state index in [4.69, 9.17) is 16.7 Å². The molecule has 1 amide bonds. The fourth-order valence-electron chi connectivity index (χ4n) is 1.64. The molecule has 1 aromatic rings. The maximum Gasteiger partial charge on any atom is 0.228 e. The molecule has 7 heteroatoms. The molecule has 0 radical (unpaired) electrons. The van der Waals surface area contributed by atoms with Crippen LogP contribution in [0.15, 0.2) is 10.7 Å². The van der Waals surface area contributed by atoms with E-state index in [0.717, 1.165) is 0 Å². The predicted molar refractivity (Wildman–Crippen MR) is 62.3 cm³/mol. The molecular weight excluding hydrogens is 297 g/mol. The number of amides is 1. The van der Waals surface area contributed by atoms with Crippen LogP contribution in [-0.2, 0) is 4.79 Å². The largest absolute Gasteiger partial charge is 0.396 e. The lowest BCUT2D eigenvalue weighted by Crippen LogP contribution is -2.26. The molecule has 2 rings (SSSR count). The van der Waals surface area contributed by atoms with Crippen molar-refractivity contribution >= 4 is 39.3 Å². The standard InChI is InChI=1S/C9H9BrClN3O2/c10-6-2-12-9(11)13-8(6)14-3-5(4-15)1-7(14)16/h2,5,15H,1,3-4H2. The van der Waals surface area contributed by atoms with Gasteiger partial charge in [0.1, 0.15) is 0 Å². The number of carbonyl (C=O) groups excluding carboxylic acids is 1. The van der Waals surface area contributed by atoms with Gasteiger partial charge in [-0.3, -0.25) is 9.69 Å². The second-order valence-electron chi connectivity index (χ2n) is 3.57. The summed E-state index contributed by atoms with van der Waals surface area (Å²) in [5.74, 6) is 0.364. The zero-order chi connectivity index (χ0) is 11.7. The molecule has 1 saturated heterocycles. The first-order valence-electron chi connectivity index (χ1n) is 4.71. The van der Waals surface area contributed by atoms with Gasteiger partial charge in [-0.25, -0.2) is 4.98 Å². The number of aliphatic hydroxyl groups excluding tert-OH is 1. The molecule has 1 aromatic heterocycles. The quantitative estimate of drug-likeness (QED) is 0.835. The number of nitrogens with zero attached hydrogens (tertiary/aromatic N) is 3. The van der Waals surface area contributed by atoms with E-state index in [-0.39, 0.29) is 23.7 Å². The van der Waals surface area contributed by atoms with Crippen LogP contribution in [0.3, 0.4) is 0 Å². The highest BCUT2D eigenvalue weighted by atomic mass is 79.9. The van der Waals surface area contributed by atoms with Gasteiger partial charge < -0.3 is 5.11 Å². The van der Waals surface area contributed by atoms with E-state index in [0.29, 0.717) is 23.3 Å². The van der Waals surface area contributed by atoms with Crippen molar-refractivity contribution in [1.29, 1.82) is 0 Å². The van der Waals surface area contributed by atoms with Gasteiger partial charge in [-0.15, -0.1) is 0 Å². The molecule has 1 unspecified atom stereocenters. The molecule has 1 fully saturated rings. The van der Waals surface area contributed by atoms with Crippen molar-refractivity contribution in [3.63, 3.8) is 0 Å². The van der Waals surface area contributed by atoms with Crippen LogP contribution in [-0.4, -0.2) is 34.1 Å². The normalized spacial score (nSPS) is 20.6. The van der Waals surface area contributed by atoms with E-state index in [9.17, 15) is 4.79 Å². The summed E-state index contributed by atoms with van der Waals surface area (Å²) in [4.78, 5) is 21.0. The van der Waals surface area contributed by atoms with Gasteiger partial charge in [-0.05, 0) is 27.5 Å². The van der Waals surface area contributed by atoms with Crippen molar-refractivity contribution in [2.75, 3.05) is 18.1 Å². The molecule has 0 aromatic carbocycles. The Balaban J connectivity index is 2.30. The molecule has 1 aliphatic heterocycles. The van der Waals surface area contributed by atoms with Crippen molar-refractivity contribution in [1.82, 2.24) is 9.97 Å². The third-order valence-electron chi connectivity index (χ3n) is 2.42. The van der Waals surface area contributed by atoms with Crippen molar-refractivity contribution < 1.29 is 9.90 Å². The molecule has 0 saturated carbocycles. The summed E-state index contributed by atoms with van der Waals surface area (Å²) in [5, 5.41) is 9.12. The third-order valence-corrected chi connectivity index (χ3v) is 3.16. The molecule has 1 atom stereocenters. The first-order chi connectivity index (χ1) is 7.61. The van der Waals surface area contributed by atoms with E-state index in [1.165, 1.54) is 11.1 Å². The Kier molecular flexibility index (Phi) is 3.41. The van der Waals surface area contributed by atoms with Crippen LogP contribution in [0.2, 0.25) is 5.28 Å². The van der Waals surface area contributed by atoms with Crippen molar-refractivity contribution in [3.05, 3.63) is 16.0 Å². The van der Waals surface area contributed by atoms with E-state index in [1.807, 2.05) is 0 Å². The Morgan fingerprint density at radius 1 is 1.69 bits per heavy atom. The van der Waals surface area contributed by atoms with E-state index < -0.39 is 0 Å². The van der Waals surface area contributed by atoms with Gasteiger partial charge in [0.2, 0.25) is 11.2 Å². The zero-order valence-electron chi connectivity index (χ0n) is 8.23. The lowest BCUT2D eigenvalue weighted by atomic mass is 10.1. The van der Waals surface area contributed by atoms with Gasteiger partial charge in [-0.2, -0.15) is 4.98 Å². The summed E-state index contributed by atoms with van der Waals surface area (Å²) in [7, 11) is 0. The van der Waals surface area contributed by atoms with Crippen molar-refractivity contribution in [2.24, 2.45) is 5.92 Å². The van der Waals surface area contributed by atoms with Crippen molar-refractivity contribution in [3.8, 4) is 0 Å². The molecule has 0 bridgehead atoms. The van der Waals surface area contributed by atoms with Crippen LogP contribution in [0.1, 0.15) is 6.42 Å². The average molecular weight is 307 g/mol. The topological polar surface area (TPSA) is 66.3 Å². The smallest absolute Gasteiger partial charge is 0.228 e. The minimum atomic E-state index is -0.0606. The van der Waals surface area contributed by atoms with Crippen LogP contribution in [0.4, 0.5) is 5.82 Å². The molecule has 5 nitrogen and oxygen atoms in total. The van der Waals surface area contributed by atoms with E-state index >= 15 is 0 Å². The van der Waals surface area contributed by atoms with Gasteiger partial charge in [0, 0.05) is 31.7 Å². The number of hydrogen-bond donors (Lipinski definition) is 1. The van der Waals surface area contributed by atoms with Crippen LogP contribution < -0.4 is 4.90 Å². The monoisotopic (exact) mass is 305 g/mol. The van der Waals surface area contributed by atoms with Crippen LogP contribution in [0.25, 0.3) is 0 Å². The Morgan fingerprint density at radius 2 is 2.44 bits per heavy atom. The minimum absolute atomic E-state index is 0.00131. The van der Waals surface area contributed by atoms with E-state index in [1.54, 1.807) is 0 Å². The number of hydrogen-bond acceptors (Lipinski definition) is 4. The third kappa shape index (κ3) is 2.18.